The first kappa shape index (κ1) is 42.3. The number of likely N-dealkylation sites (N-methyl/N-ethyl adjacent to an activating group) is 1. The summed E-state index contributed by atoms with van der Waals surface area (Å²) in [6.07, 6.45) is 9.22. The number of nitrogens with zero attached hydrogens (tertiary/aromatic N) is 3. The van der Waals surface area contributed by atoms with Crippen molar-refractivity contribution in [3.8, 4) is 0 Å². The van der Waals surface area contributed by atoms with Gasteiger partial charge in [0, 0.05) is 38.9 Å². The minimum atomic E-state index is -3.95. The van der Waals surface area contributed by atoms with Crippen molar-refractivity contribution >= 4 is 39.6 Å². The van der Waals surface area contributed by atoms with Gasteiger partial charge < -0.3 is 26.2 Å². The van der Waals surface area contributed by atoms with Crippen molar-refractivity contribution in [1.82, 2.24) is 35.5 Å². The second-order valence-corrected chi connectivity index (χ2v) is 20.1. The normalized spacial score (nSPS) is 24.4. The number of nitrogens with one attached hydrogen (secondary N) is 4. The molecule has 3 saturated carbocycles. The highest BCUT2D eigenvalue weighted by atomic mass is 32.2. The van der Waals surface area contributed by atoms with E-state index in [4.69, 9.17) is 0 Å². The van der Waals surface area contributed by atoms with E-state index in [1.807, 2.05) is 27.7 Å². The van der Waals surface area contributed by atoms with Crippen molar-refractivity contribution in [3.05, 3.63) is 37.1 Å². The molecule has 304 valence electrons. The Bertz CT molecular complexity index is 1730. The molecule has 6 atom stereocenters. The average Bonchev–Trinajstić information content (AvgIpc) is 3.99. The Morgan fingerprint density at radius 1 is 1.04 bits per heavy atom. The van der Waals surface area contributed by atoms with Crippen LogP contribution in [0.1, 0.15) is 92.9 Å². The van der Waals surface area contributed by atoms with Crippen molar-refractivity contribution in [2.45, 2.75) is 122 Å². The number of fused-ring (bicyclic) bond motifs is 1. The average molecular weight is 784 g/mol. The number of rotatable bonds is 16. The van der Waals surface area contributed by atoms with Crippen LogP contribution in [0.25, 0.3) is 0 Å². The van der Waals surface area contributed by atoms with E-state index in [2.05, 4.69) is 46.7 Å². The standard InChI is InChI=1S/C40H61N7O7S/c1-9-20-42-35(50)32(48)27(22-25-16-17-25)43-34(49)31-30-26(39(30,5)6)23-47(31)36(51)33(40(7)18-12-10-13-19-40)45-37(52)44-28(38(2,3)4)24-46(8)55(53,54)29-15-11-14-21-41-29/h9,11,14-15,21,25-28,30-31,33H,1,10,12-13,16-20,22-24H2,2-8H3,(H,42,50)(H,43,49)(H2,44,45,52)/t26-,27?,28+,30-,31-,33+/m0/s1. The lowest BCUT2D eigenvalue weighted by Gasteiger charge is -2.43. The molecule has 55 heavy (non-hydrogen) atoms. The predicted octanol–water partition coefficient (Wildman–Crippen LogP) is 3.39. The van der Waals surface area contributed by atoms with Crippen molar-refractivity contribution in [2.75, 3.05) is 26.7 Å². The van der Waals surface area contributed by atoms with Crippen LogP contribution in [0.15, 0.2) is 42.1 Å². The third-order valence-electron chi connectivity index (χ3n) is 12.6. The number of Topliss-reactive ketones (excluding diaryl/α,β-unsaturated/α-hetero) is 1. The van der Waals surface area contributed by atoms with E-state index in [0.29, 0.717) is 25.8 Å². The van der Waals surface area contributed by atoms with Crippen molar-refractivity contribution < 1.29 is 32.4 Å². The summed E-state index contributed by atoms with van der Waals surface area (Å²) in [5, 5.41) is 11.3. The Morgan fingerprint density at radius 3 is 2.29 bits per heavy atom. The first-order chi connectivity index (χ1) is 25.7. The Kier molecular flexibility index (Phi) is 12.6. The molecule has 14 nitrogen and oxygen atoms in total. The van der Waals surface area contributed by atoms with Crippen LogP contribution in [0.3, 0.4) is 0 Å². The highest BCUT2D eigenvalue weighted by Crippen LogP contribution is 2.65. The quantitative estimate of drug-likeness (QED) is 0.145. The second kappa shape index (κ2) is 16.3. The van der Waals surface area contributed by atoms with E-state index in [-0.39, 0.29) is 47.2 Å². The molecule has 1 aliphatic heterocycles. The van der Waals surface area contributed by atoms with Crippen molar-refractivity contribution in [1.29, 1.82) is 0 Å². The Morgan fingerprint density at radius 2 is 1.71 bits per heavy atom. The fourth-order valence-electron chi connectivity index (χ4n) is 8.63. The van der Waals surface area contributed by atoms with Gasteiger partial charge in [-0.1, -0.05) is 85.8 Å². The third-order valence-corrected chi connectivity index (χ3v) is 14.3. The van der Waals surface area contributed by atoms with Gasteiger partial charge in [0.1, 0.15) is 12.1 Å². The molecule has 1 saturated heterocycles. The molecule has 4 fully saturated rings. The number of urea groups is 1. The van der Waals surface area contributed by atoms with Gasteiger partial charge in [-0.05, 0) is 65.4 Å². The summed E-state index contributed by atoms with van der Waals surface area (Å²) >= 11 is 0. The molecule has 0 aromatic carbocycles. The van der Waals surface area contributed by atoms with Crippen molar-refractivity contribution in [2.24, 2.45) is 34.0 Å². The highest BCUT2D eigenvalue weighted by Gasteiger charge is 2.70. The number of sulfonamides is 1. The number of ketones is 1. The number of hydrogen-bond donors (Lipinski definition) is 4. The van der Waals surface area contributed by atoms with E-state index in [0.717, 1.165) is 32.1 Å². The first-order valence-corrected chi connectivity index (χ1v) is 21.1. The number of aromatic nitrogens is 1. The fraction of sp³-hybridized carbons (Fsp3) is 0.700. The van der Waals surface area contributed by atoms with Crippen LogP contribution in [0.5, 0.6) is 0 Å². The molecule has 5 rings (SSSR count). The van der Waals surface area contributed by atoms with Crippen LogP contribution in [-0.4, -0.2) is 103 Å². The SMILES string of the molecule is C=CCNC(=O)C(=O)C(CC1CC1)NC(=O)[C@@H]1[C@@H]2[C@H](CN1C(=O)[C@@H](NC(=O)N[C@H](CN(C)S(=O)(=O)c1ccccn1)C(C)(C)C)C1(C)CCCCC1)C2(C)C. The zero-order chi connectivity index (χ0) is 40.5. The monoisotopic (exact) mass is 783 g/mol. The van der Waals surface area contributed by atoms with Gasteiger partial charge >= 0.3 is 6.03 Å². The first-order valence-electron chi connectivity index (χ1n) is 19.7. The minimum Gasteiger partial charge on any atom is -0.346 e. The van der Waals surface area contributed by atoms with Gasteiger partial charge in [-0.2, -0.15) is 4.31 Å². The summed E-state index contributed by atoms with van der Waals surface area (Å²) < 4.78 is 27.9. The molecule has 0 radical (unpaired) electrons. The molecule has 0 spiro atoms. The topological polar surface area (TPSA) is 187 Å². The number of carbonyl (C=O) groups excluding carboxylic acids is 5. The van der Waals surface area contributed by atoms with E-state index in [1.165, 1.54) is 29.7 Å². The van der Waals surface area contributed by atoms with Crippen molar-refractivity contribution in [3.63, 3.8) is 0 Å². The lowest BCUT2D eigenvalue weighted by atomic mass is 9.70. The molecule has 4 aliphatic rings. The molecule has 1 aromatic heterocycles. The zero-order valence-corrected chi connectivity index (χ0v) is 34.3. The molecule has 15 heteroatoms. The molecule has 5 amide bonds. The lowest BCUT2D eigenvalue weighted by molar-refractivity contribution is -0.146. The van der Waals surface area contributed by atoms with E-state index >= 15 is 0 Å². The minimum absolute atomic E-state index is 0.0507. The van der Waals surface area contributed by atoms with Gasteiger partial charge in [0.2, 0.25) is 17.6 Å². The predicted molar refractivity (Wildman–Crippen MR) is 208 cm³/mol. The van der Waals surface area contributed by atoms with Gasteiger partial charge in [0.15, 0.2) is 5.03 Å². The lowest BCUT2D eigenvalue weighted by Crippen LogP contribution is -2.63. The van der Waals surface area contributed by atoms with Crippen LogP contribution < -0.4 is 21.3 Å². The summed E-state index contributed by atoms with van der Waals surface area (Å²) in [6.45, 7) is 15.8. The second-order valence-electron chi connectivity index (χ2n) is 18.1. The summed E-state index contributed by atoms with van der Waals surface area (Å²) in [6, 6.07) is 0.495. The molecule has 1 unspecified atom stereocenters. The summed E-state index contributed by atoms with van der Waals surface area (Å²) in [5.41, 5.74) is -1.41. The highest BCUT2D eigenvalue weighted by molar-refractivity contribution is 7.89. The van der Waals surface area contributed by atoms with Gasteiger partial charge in [0.05, 0.1) is 6.04 Å². The maximum atomic E-state index is 14.9. The molecule has 2 heterocycles. The fourth-order valence-corrected chi connectivity index (χ4v) is 9.74. The molecular weight excluding hydrogens is 723 g/mol. The van der Waals surface area contributed by atoms with Gasteiger partial charge in [0.25, 0.3) is 15.9 Å². The molecule has 4 N–H and O–H groups in total. The van der Waals surface area contributed by atoms with Crippen LogP contribution >= 0.6 is 0 Å². The Hall–Kier alpha value is -3.85. The van der Waals surface area contributed by atoms with E-state index in [9.17, 15) is 32.4 Å². The van der Waals surface area contributed by atoms with E-state index in [1.54, 1.807) is 17.0 Å². The number of carbonyl (C=O) groups is 5. The van der Waals surface area contributed by atoms with Gasteiger partial charge in [-0.25, -0.2) is 18.2 Å². The van der Waals surface area contributed by atoms with Crippen LogP contribution in [-0.2, 0) is 29.2 Å². The summed E-state index contributed by atoms with van der Waals surface area (Å²) in [7, 11) is -2.51. The zero-order valence-electron chi connectivity index (χ0n) is 33.5. The smallest absolute Gasteiger partial charge is 0.315 e. The Balaban J connectivity index is 1.37. The van der Waals surface area contributed by atoms with E-state index < -0.39 is 68.6 Å². The van der Waals surface area contributed by atoms with Crippen LogP contribution in [0, 0.1) is 34.0 Å². The van der Waals surface area contributed by atoms with Gasteiger partial charge in [-0.15, -0.1) is 6.58 Å². The molecule has 3 aliphatic carbocycles. The molecule has 1 aromatic rings. The van der Waals surface area contributed by atoms with Crippen LogP contribution in [0.2, 0.25) is 0 Å². The number of hydrogen-bond acceptors (Lipinski definition) is 8. The summed E-state index contributed by atoms with van der Waals surface area (Å²) in [5.74, 6) is -2.21. The number of pyridine rings is 1. The third kappa shape index (κ3) is 9.41. The maximum Gasteiger partial charge on any atom is 0.315 e. The van der Waals surface area contributed by atoms with Gasteiger partial charge in [-0.3, -0.25) is 19.2 Å². The number of amides is 5. The maximum absolute atomic E-state index is 14.9. The Labute approximate surface area is 326 Å². The number of piperidine rings is 1. The largest absolute Gasteiger partial charge is 0.346 e. The summed E-state index contributed by atoms with van der Waals surface area (Å²) in [4.78, 5) is 74.9. The van der Waals surface area contributed by atoms with Crippen LogP contribution in [0.4, 0.5) is 4.79 Å². The number of likely N-dealkylation sites (tertiary alicyclic amines) is 1. The molecular formula is C40H61N7O7S. The molecule has 0 bridgehead atoms.